The fraction of sp³-hybridized carbons (Fsp3) is 0.250. The highest BCUT2D eigenvalue weighted by Crippen LogP contribution is 2.31. The second-order valence-corrected chi connectivity index (χ2v) is 8.73. The van der Waals surface area contributed by atoms with Gasteiger partial charge in [0.25, 0.3) is 0 Å². The lowest BCUT2D eigenvalue weighted by Crippen LogP contribution is -2.32. The Morgan fingerprint density at radius 2 is 1.89 bits per heavy atom. The van der Waals surface area contributed by atoms with E-state index in [1.165, 1.54) is 23.1 Å². The van der Waals surface area contributed by atoms with Crippen LogP contribution >= 0.6 is 23.1 Å². The topological polar surface area (TPSA) is 67.3 Å². The first-order chi connectivity index (χ1) is 13.5. The minimum Gasteiger partial charge on any atom is -0.497 e. The number of hydrogen-bond acceptors (Lipinski definition) is 7. The van der Waals surface area contributed by atoms with Crippen molar-refractivity contribution in [3.05, 3.63) is 60.2 Å². The monoisotopic (exact) mass is 414 g/mol. The van der Waals surface area contributed by atoms with Crippen molar-refractivity contribution in [1.82, 2.24) is 15.1 Å². The third-order valence-corrected chi connectivity index (χ3v) is 6.02. The lowest BCUT2D eigenvalue weighted by atomic mass is 10.2. The van der Waals surface area contributed by atoms with Crippen LogP contribution in [-0.4, -0.2) is 40.4 Å². The molecular weight excluding hydrogens is 392 g/mol. The number of aromatic nitrogens is 2. The number of carbonyl (C=O) groups is 1. The number of thioether (sulfide) groups is 1. The van der Waals surface area contributed by atoms with Crippen molar-refractivity contribution < 1.29 is 9.53 Å². The van der Waals surface area contributed by atoms with E-state index in [0.29, 0.717) is 11.7 Å². The van der Waals surface area contributed by atoms with Crippen molar-refractivity contribution >= 4 is 39.8 Å². The summed E-state index contributed by atoms with van der Waals surface area (Å²) in [7, 11) is 3.46. The standard InChI is InChI=1S/C20H22N4O2S2/c1-14(18(25)24(2)13-15-7-5-4-6-8-15)27-20-23-22-19(28-20)21-16-9-11-17(26-3)12-10-16/h4-12,14H,13H2,1-3H3,(H,21,22)/t14-/m0/s1. The van der Waals surface area contributed by atoms with Crippen LogP contribution < -0.4 is 10.1 Å². The molecule has 8 heteroatoms. The molecule has 0 unspecified atom stereocenters. The second kappa shape index (κ2) is 9.57. The molecule has 2 aromatic carbocycles. The molecule has 0 bridgehead atoms. The molecule has 0 radical (unpaired) electrons. The second-order valence-electron chi connectivity index (χ2n) is 6.17. The summed E-state index contributed by atoms with van der Waals surface area (Å²) in [5.74, 6) is 0.861. The predicted molar refractivity (Wildman–Crippen MR) is 114 cm³/mol. The summed E-state index contributed by atoms with van der Waals surface area (Å²) >= 11 is 2.85. The van der Waals surface area contributed by atoms with Gasteiger partial charge < -0.3 is 15.0 Å². The number of benzene rings is 2. The van der Waals surface area contributed by atoms with Crippen molar-refractivity contribution in [2.24, 2.45) is 0 Å². The third kappa shape index (κ3) is 5.46. The molecule has 1 aromatic heterocycles. The van der Waals surface area contributed by atoms with Crippen molar-refractivity contribution in [3.8, 4) is 5.75 Å². The highest BCUT2D eigenvalue weighted by Gasteiger charge is 2.20. The number of nitrogens with zero attached hydrogens (tertiary/aromatic N) is 3. The van der Waals surface area contributed by atoms with Crippen molar-refractivity contribution in [2.45, 2.75) is 23.1 Å². The van der Waals surface area contributed by atoms with Crippen LogP contribution in [0.4, 0.5) is 10.8 Å². The number of ether oxygens (including phenoxy) is 1. The molecular formula is C20H22N4O2S2. The van der Waals surface area contributed by atoms with Crippen LogP contribution in [0.15, 0.2) is 58.9 Å². The Kier molecular flexibility index (Phi) is 6.89. The fourth-order valence-electron chi connectivity index (χ4n) is 2.55. The van der Waals surface area contributed by atoms with E-state index in [4.69, 9.17) is 4.74 Å². The molecule has 0 aliphatic rings. The van der Waals surface area contributed by atoms with Crippen LogP contribution in [0.3, 0.4) is 0 Å². The number of anilines is 2. The predicted octanol–water partition coefficient (Wildman–Crippen LogP) is 4.43. The molecule has 0 saturated heterocycles. The molecule has 3 aromatic rings. The van der Waals surface area contributed by atoms with Gasteiger partial charge in [0.2, 0.25) is 11.0 Å². The Bertz CT molecular complexity index is 900. The van der Waals surface area contributed by atoms with Crippen LogP contribution in [0.1, 0.15) is 12.5 Å². The highest BCUT2D eigenvalue weighted by atomic mass is 32.2. The maximum absolute atomic E-state index is 12.6. The SMILES string of the molecule is COc1ccc(Nc2nnc(S[C@@H](C)C(=O)N(C)Cc3ccccc3)s2)cc1. The molecule has 0 spiro atoms. The first-order valence-corrected chi connectivity index (χ1v) is 10.4. The van der Waals surface area contributed by atoms with E-state index in [1.807, 2.05) is 68.6 Å². The molecule has 6 nitrogen and oxygen atoms in total. The molecule has 0 saturated carbocycles. The van der Waals surface area contributed by atoms with Gasteiger partial charge in [-0.1, -0.05) is 53.4 Å². The Morgan fingerprint density at radius 1 is 1.18 bits per heavy atom. The van der Waals surface area contributed by atoms with Crippen LogP contribution in [0.5, 0.6) is 5.75 Å². The highest BCUT2D eigenvalue weighted by molar-refractivity contribution is 8.02. The van der Waals surface area contributed by atoms with Gasteiger partial charge in [0.05, 0.1) is 12.4 Å². The minimum absolute atomic E-state index is 0.0636. The van der Waals surface area contributed by atoms with Gasteiger partial charge in [0.15, 0.2) is 4.34 Å². The number of hydrogen-bond donors (Lipinski definition) is 1. The largest absolute Gasteiger partial charge is 0.497 e. The molecule has 3 rings (SSSR count). The number of carbonyl (C=O) groups excluding carboxylic acids is 1. The summed E-state index contributed by atoms with van der Waals surface area (Å²) in [6, 6.07) is 17.5. The first-order valence-electron chi connectivity index (χ1n) is 8.75. The molecule has 0 aliphatic heterocycles. The molecule has 1 amide bonds. The van der Waals surface area contributed by atoms with Crippen molar-refractivity contribution in [2.75, 3.05) is 19.5 Å². The molecule has 1 atom stereocenters. The van der Waals surface area contributed by atoms with Gasteiger partial charge in [-0.25, -0.2) is 0 Å². The fourth-order valence-corrected chi connectivity index (χ4v) is 4.58. The van der Waals surface area contributed by atoms with Crippen molar-refractivity contribution in [3.63, 3.8) is 0 Å². The smallest absolute Gasteiger partial charge is 0.235 e. The van der Waals surface area contributed by atoms with Gasteiger partial charge in [-0.2, -0.15) is 0 Å². The van der Waals surface area contributed by atoms with Crippen LogP contribution in [-0.2, 0) is 11.3 Å². The Balaban J connectivity index is 1.55. The average molecular weight is 415 g/mol. The van der Waals surface area contributed by atoms with E-state index < -0.39 is 0 Å². The number of nitrogens with one attached hydrogen (secondary N) is 1. The number of rotatable bonds is 8. The normalized spacial score (nSPS) is 11.7. The Hall–Kier alpha value is -2.58. The molecule has 1 heterocycles. The lowest BCUT2D eigenvalue weighted by Gasteiger charge is -2.20. The summed E-state index contributed by atoms with van der Waals surface area (Å²) < 4.78 is 5.91. The molecule has 1 N–H and O–H groups in total. The maximum Gasteiger partial charge on any atom is 0.235 e. The Labute approximate surface area is 172 Å². The van der Waals surface area contributed by atoms with E-state index >= 15 is 0 Å². The van der Waals surface area contributed by atoms with E-state index in [2.05, 4.69) is 15.5 Å². The Morgan fingerprint density at radius 3 is 2.57 bits per heavy atom. The summed E-state index contributed by atoms with van der Waals surface area (Å²) in [5, 5.41) is 12.0. The zero-order chi connectivity index (χ0) is 19.9. The first kappa shape index (κ1) is 20.2. The van der Waals surface area contributed by atoms with E-state index in [-0.39, 0.29) is 11.2 Å². The summed E-state index contributed by atoms with van der Waals surface area (Å²) in [4.78, 5) is 14.4. The van der Waals surface area contributed by atoms with Gasteiger partial charge in [0, 0.05) is 19.3 Å². The van der Waals surface area contributed by atoms with Crippen molar-refractivity contribution in [1.29, 1.82) is 0 Å². The zero-order valence-electron chi connectivity index (χ0n) is 16.0. The average Bonchev–Trinajstić information content (AvgIpc) is 3.15. The van der Waals surface area contributed by atoms with E-state index in [1.54, 1.807) is 12.0 Å². The van der Waals surface area contributed by atoms with Crippen LogP contribution in [0.25, 0.3) is 0 Å². The molecule has 0 aliphatic carbocycles. The van der Waals surface area contributed by atoms with Crippen LogP contribution in [0.2, 0.25) is 0 Å². The summed E-state index contributed by atoms with van der Waals surface area (Å²) in [5.41, 5.74) is 2.01. The summed E-state index contributed by atoms with van der Waals surface area (Å²) in [6.07, 6.45) is 0. The molecule has 28 heavy (non-hydrogen) atoms. The van der Waals surface area contributed by atoms with Gasteiger partial charge >= 0.3 is 0 Å². The third-order valence-electron chi connectivity index (χ3n) is 4.01. The molecule has 146 valence electrons. The number of amides is 1. The summed E-state index contributed by atoms with van der Waals surface area (Å²) in [6.45, 7) is 2.48. The maximum atomic E-state index is 12.6. The van der Waals surface area contributed by atoms with Gasteiger partial charge in [0.1, 0.15) is 5.75 Å². The van der Waals surface area contributed by atoms with Gasteiger partial charge in [-0.15, -0.1) is 10.2 Å². The quantitative estimate of drug-likeness (QED) is 0.550. The number of methoxy groups -OCH3 is 1. The lowest BCUT2D eigenvalue weighted by molar-refractivity contribution is -0.129. The zero-order valence-corrected chi connectivity index (χ0v) is 17.6. The van der Waals surface area contributed by atoms with Crippen LogP contribution in [0, 0.1) is 0 Å². The van der Waals surface area contributed by atoms with E-state index in [0.717, 1.165) is 21.3 Å². The minimum atomic E-state index is -0.240. The van der Waals surface area contributed by atoms with Gasteiger partial charge in [-0.05, 0) is 36.8 Å². The van der Waals surface area contributed by atoms with E-state index in [9.17, 15) is 4.79 Å². The van der Waals surface area contributed by atoms with Gasteiger partial charge in [-0.3, -0.25) is 4.79 Å². The molecule has 0 fully saturated rings.